The van der Waals surface area contributed by atoms with E-state index in [9.17, 15) is 0 Å². The molecule has 1 fully saturated rings. The fraction of sp³-hybridized carbons (Fsp3) is 0.233. The van der Waals surface area contributed by atoms with E-state index >= 15 is 0 Å². The molecule has 6 heterocycles. The quantitative estimate of drug-likeness (QED) is 0.305. The van der Waals surface area contributed by atoms with Gasteiger partial charge in [-0.3, -0.25) is 20.0 Å². The summed E-state index contributed by atoms with van der Waals surface area (Å²) in [5, 5.41) is 7.70. The molecule has 6 aromatic rings. The predicted octanol–water partition coefficient (Wildman–Crippen LogP) is 5.92. The number of H-pyrrole nitrogens is 2. The standard InChI is InChI=1S/C30H28N8/c1-19-6-5-7-21(12-19)23-16-32-17-26-27(23)35-30(34-26)29-28-25(36-37-29)9-8-24(33-28)22-13-20(14-31-15-22)18-38-10-3-2-4-11-38/h5-9,12-17H,2-4,10-11,18H2,1H3,(H,34,35)(H,36,37). The Balaban J connectivity index is 1.26. The van der Waals surface area contributed by atoms with Crippen molar-refractivity contribution in [1.82, 2.24) is 40.0 Å². The molecular formula is C30H28N8. The fourth-order valence-corrected chi connectivity index (χ4v) is 5.38. The lowest BCUT2D eigenvalue weighted by Crippen LogP contribution is -2.29. The van der Waals surface area contributed by atoms with Gasteiger partial charge in [0.15, 0.2) is 11.5 Å². The Morgan fingerprint density at radius 3 is 2.61 bits per heavy atom. The molecule has 1 aromatic carbocycles. The number of likely N-dealkylation sites (tertiary alicyclic amines) is 1. The number of benzene rings is 1. The van der Waals surface area contributed by atoms with E-state index in [-0.39, 0.29) is 0 Å². The van der Waals surface area contributed by atoms with Crippen LogP contribution >= 0.6 is 0 Å². The number of nitrogens with zero attached hydrogens (tertiary/aromatic N) is 6. The number of piperidine rings is 1. The topological polar surface area (TPSA) is 99.3 Å². The highest BCUT2D eigenvalue weighted by Crippen LogP contribution is 2.31. The van der Waals surface area contributed by atoms with Gasteiger partial charge < -0.3 is 4.98 Å². The van der Waals surface area contributed by atoms with Crippen molar-refractivity contribution in [3.8, 4) is 33.9 Å². The van der Waals surface area contributed by atoms with Crippen LogP contribution < -0.4 is 0 Å². The Morgan fingerprint density at radius 2 is 1.71 bits per heavy atom. The van der Waals surface area contributed by atoms with Crippen LogP contribution in [0.5, 0.6) is 0 Å². The predicted molar refractivity (Wildman–Crippen MR) is 149 cm³/mol. The van der Waals surface area contributed by atoms with Crippen LogP contribution in [0.4, 0.5) is 0 Å². The van der Waals surface area contributed by atoms with Crippen LogP contribution in [0.25, 0.3) is 56.0 Å². The number of pyridine rings is 3. The Morgan fingerprint density at radius 1 is 0.816 bits per heavy atom. The zero-order chi connectivity index (χ0) is 25.5. The van der Waals surface area contributed by atoms with E-state index in [1.165, 1.54) is 30.4 Å². The number of aromatic amines is 2. The summed E-state index contributed by atoms with van der Waals surface area (Å²) in [5.74, 6) is 0.662. The van der Waals surface area contributed by atoms with Gasteiger partial charge >= 0.3 is 0 Å². The second kappa shape index (κ2) is 9.46. The van der Waals surface area contributed by atoms with Gasteiger partial charge in [0, 0.05) is 36.3 Å². The van der Waals surface area contributed by atoms with Crippen LogP contribution in [0, 0.1) is 6.92 Å². The molecule has 0 unspecified atom stereocenters. The molecule has 0 bridgehead atoms. The monoisotopic (exact) mass is 500 g/mol. The number of nitrogens with one attached hydrogen (secondary N) is 2. The second-order valence-corrected chi connectivity index (χ2v) is 10.1. The minimum absolute atomic E-state index is 0.662. The molecule has 5 aromatic heterocycles. The summed E-state index contributed by atoms with van der Waals surface area (Å²) in [7, 11) is 0. The summed E-state index contributed by atoms with van der Waals surface area (Å²) in [5.41, 5.74) is 10.4. The summed E-state index contributed by atoms with van der Waals surface area (Å²) in [6.45, 7) is 5.33. The SMILES string of the molecule is Cc1cccc(-c2cncc3[nH]c(-c4n[nH]c5ccc(-c6cncc(CN7CCCCC7)c6)nc45)nc23)c1. The molecule has 38 heavy (non-hydrogen) atoms. The van der Waals surface area contributed by atoms with Crippen molar-refractivity contribution in [2.45, 2.75) is 32.7 Å². The molecular weight excluding hydrogens is 472 g/mol. The molecule has 0 spiro atoms. The Bertz CT molecular complexity index is 1760. The lowest BCUT2D eigenvalue weighted by atomic mass is 10.0. The van der Waals surface area contributed by atoms with E-state index in [4.69, 9.17) is 9.97 Å². The Hall–Kier alpha value is -4.43. The van der Waals surface area contributed by atoms with Gasteiger partial charge in [-0.05, 0) is 62.2 Å². The maximum absolute atomic E-state index is 5.01. The lowest BCUT2D eigenvalue weighted by molar-refractivity contribution is 0.220. The highest BCUT2D eigenvalue weighted by Gasteiger charge is 2.18. The van der Waals surface area contributed by atoms with Crippen molar-refractivity contribution in [3.63, 3.8) is 0 Å². The molecule has 7 rings (SSSR count). The van der Waals surface area contributed by atoms with Crippen LogP contribution in [-0.4, -0.2) is 53.1 Å². The van der Waals surface area contributed by atoms with Crippen LogP contribution in [-0.2, 0) is 6.54 Å². The lowest BCUT2D eigenvalue weighted by Gasteiger charge is -2.26. The van der Waals surface area contributed by atoms with Crippen LogP contribution in [0.2, 0.25) is 0 Å². The molecule has 1 aliphatic rings. The first-order chi connectivity index (χ1) is 18.7. The van der Waals surface area contributed by atoms with Crippen molar-refractivity contribution in [2.24, 2.45) is 0 Å². The third-order valence-corrected chi connectivity index (χ3v) is 7.30. The van der Waals surface area contributed by atoms with Gasteiger partial charge in [0.25, 0.3) is 0 Å². The van der Waals surface area contributed by atoms with E-state index < -0.39 is 0 Å². The van der Waals surface area contributed by atoms with Crippen molar-refractivity contribution in [2.75, 3.05) is 13.1 Å². The normalized spacial score (nSPS) is 14.4. The fourth-order valence-electron chi connectivity index (χ4n) is 5.38. The second-order valence-electron chi connectivity index (χ2n) is 10.1. The first kappa shape index (κ1) is 22.7. The number of hydrogen-bond acceptors (Lipinski definition) is 6. The van der Waals surface area contributed by atoms with Crippen molar-refractivity contribution in [3.05, 3.63) is 78.4 Å². The molecule has 0 amide bonds. The summed E-state index contributed by atoms with van der Waals surface area (Å²) in [6.07, 6.45) is 11.4. The van der Waals surface area contributed by atoms with Gasteiger partial charge in [-0.2, -0.15) is 5.10 Å². The largest absolute Gasteiger partial charge is 0.335 e. The van der Waals surface area contributed by atoms with Gasteiger partial charge in [-0.25, -0.2) is 9.97 Å². The van der Waals surface area contributed by atoms with Gasteiger partial charge in [0.2, 0.25) is 0 Å². The first-order valence-electron chi connectivity index (χ1n) is 13.1. The van der Waals surface area contributed by atoms with Crippen LogP contribution in [0.15, 0.2) is 67.3 Å². The van der Waals surface area contributed by atoms with Gasteiger partial charge in [-0.1, -0.05) is 36.2 Å². The third kappa shape index (κ3) is 4.22. The first-order valence-corrected chi connectivity index (χ1v) is 13.1. The molecule has 1 saturated heterocycles. The highest BCUT2D eigenvalue weighted by atomic mass is 15.2. The van der Waals surface area contributed by atoms with Crippen molar-refractivity contribution in [1.29, 1.82) is 0 Å². The minimum Gasteiger partial charge on any atom is -0.335 e. The highest BCUT2D eigenvalue weighted by molar-refractivity contribution is 5.95. The van der Waals surface area contributed by atoms with E-state index in [0.29, 0.717) is 11.5 Å². The maximum atomic E-state index is 5.01. The van der Waals surface area contributed by atoms with E-state index in [0.717, 1.165) is 64.1 Å². The summed E-state index contributed by atoms with van der Waals surface area (Å²) in [4.78, 5) is 24.9. The van der Waals surface area contributed by atoms with Gasteiger partial charge in [-0.15, -0.1) is 0 Å². The zero-order valence-electron chi connectivity index (χ0n) is 21.3. The smallest absolute Gasteiger partial charge is 0.161 e. The molecule has 2 N–H and O–H groups in total. The average molecular weight is 501 g/mol. The Kier molecular flexibility index (Phi) is 5.66. The van der Waals surface area contributed by atoms with Crippen molar-refractivity contribution < 1.29 is 0 Å². The third-order valence-electron chi connectivity index (χ3n) is 7.30. The summed E-state index contributed by atoms with van der Waals surface area (Å²) >= 11 is 0. The molecule has 0 saturated carbocycles. The van der Waals surface area contributed by atoms with E-state index in [2.05, 4.69) is 67.3 Å². The number of fused-ring (bicyclic) bond motifs is 2. The molecule has 0 radical (unpaired) electrons. The number of hydrogen-bond donors (Lipinski definition) is 2. The number of rotatable bonds is 5. The number of aryl methyl sites for hydroxylation is 1. The average Bonchev–Trinajstić information content (AvgIpc) is 3.57. The number of aromatic nitrogens is 7. The van der Waals surface area contributed by atoms with Crippen molar-refractivity contribution >= 4 is 22.1 Å². The van der Waals surface area contributed by atoms with Crippen LogP contribution in [0.3, 0.4) is 0 Å². The van der Waals surface area contributed by atoms with Gasteiger partial charge in [0.05, 0.1) is 28.4 Å². The van der Waals surface area contributed by atoms with Crippen LogP contribution in [0.1, 0.15) is 30.4 Å². The minimum atomic E-state index is 0.662. The summed E-state index contributed by atoms with van der Waals surface area (Å²) < 4.78 is 0. The zero-order valence-corrected chi connectivity index (χ0v) is 21.3. The molecule has 8 nitrogen and oxygen atoms in total. The number of imidazole rings is 1. The molecule has 1 aliphatic heterocycles. The summed E-state index contributed by atoms with van der Waals surface area (Å²) in [6, 6.07) is 14.6. The Labute approximate surface area is 220 Å². The maximum Gasteiger partial charge on any atom is 0.161 e. The van der Waals surface area contributed by atoms with E-state index in [1.54, 1.807) is 6.20 Å². The molecule has 0 atom stereocenters. The van der Waals surface area contributed by atoms with Gasteiger partial charge in [0.1, 0.15) is 5.52 Å². The molecule has 8 heteroatoms. The molecule has 0 aliphatic carbocycles. The van der Waals surface area contributed by atoms with E-state index in [1.807, 2.05) is 30.7 Å². The molecule has 188 valence electrons.